The van der Waals surface area contributed by atoms with Crippen molar-refractivity contribution < 1.29 is 34.2 Å². The summed E-state index contributed by atoms with van der Waals surface area (Å²) in [6.45, 7) is 3.89. The Balaban J connectivity index is 5.45. The van der Waals surface area contributed by atoms with Crippen LogP contribution < -0.4 is 33.2 Å². The van der Waals surface area contributed by atoms with Crippen LogP contribution in [0.15, 0.2) is 4.99 Å². The summed E-state index contributed by atoms with van der Waals surface area (Å²) < 4.78 is 0. The maximum atomic E-state index is 13.0. The lowest BCUT2D eigenvalue weighted by atomic mass is 10.0. The van der Waals surface area contributed by atoms with Gasteiger partial charge in [-0.3, -0.25) is 24.2 Å². The Bertz CT molecular complexity index is 806. The van der Waals surface area contributed by atoms with E-state index in [1.54, 1.807) is 6.26 Å². The smallest absolute Gasteiger partial charge is 0.326 e. The molecule has 0 saturated heterocycles. The van der Waals surface area contributed by atoms with Gasteiger partial charge in [0.25, 0.3) is 0 Å². The molecule has 37 heavy (non-hydrogen) atoms. The average molecular weight is 548 g/mol. The van der Waals surface area contributed by atoms with E-state index in [4.69, 9.17) is 22.3 Å². The SMILES string of the molecule is CSCCC(NC(=O)C(CCC(=O)O)NC(=O)C(N)CCCN=C(N)N)C(=O)NC(CC(C)C)C(=O)O. The van der Waals surface area contributed by atoms with E-state index in [9.17, 15) is 29.1 Å². The minimum absolute atomic E-state index is 0.0000698. The van der Waals surface area contributed by atoms with Gasteiger partial charge >= 0.3 is 11.9 Å². The first kappa shape index (κ1) is 33.9. The largest absolute Gasteiger partial charge is 0.481 e. The van der Waals surface area contributed by atoms with E-state index >= 15 is 0 Å². The molecule has 11 N–H and O–H groups in total. The predicted octanol–water partition coefficient (Wildman–Crippen LogP) is -1.43. The van der Waals surface area contributed by atoms with Crippen LogP contribution in [0.4, 0.5) is 0 Å². The lowest BCUT2D eigenvalue weighted by Gasteiger charge is -2.25. The van der Waals surface area contributed by atoms with Gasteiger partial charge in [-0.2, -0.15) is 11.8 Å². The molecular formula is C22H41N7O7S. The highest BCUT2D eigenvalue weighted by atomic mass is 32.2. The summed E-state index contributed by atoms with van der Waals surface area (Å²) in [7, 11) is 0. The number of nitrogens with one attached hydrogen (secondary N) is 3. The summed E-state index contributed by atoms with van der Waals surface area (Å²) in [6.07, 6.45) is 2.14. The zero-order valence-corrected chi connectivity index (χ0v) is 22.4. The molecule has 15 heteroatoms. The van der Waals surface area contributed by atoms with Crippen molar-refractivity contribution in [3.05, 3.63) is 0 Å². The van der Waals surface area contributed by atoms with Crippen LogP contribution in [0, 0.1) is 5.92 Å². The molecule has 0 saturated carbocycles. The first-order chi connectivity index (χ1) is 17.3. The summed E-state index contributed by atoms with van der Waals surface area (Å²) in [5, 5.41) is 25.9. The Kier molecular flexibility index (Phi) is 16.7. The van der Waals surface area contributed by atoms with E-state index in [-0.39, 0.29) is 44.1 Å². The highest BCUT2D eigenvalue weighted by Crippen LogP contribution is 2.08. The molecule has 4 unspecified atom stereocenters. The van der Waals surface area contributed by atoms with Gasteiger partial charge in [0.05, 0.1) is 6.04 Å². The summed E-state index contributed by atoms with van der Waals surface area (Å²) in [4.78, 5) is 64.9. The van der Waals surface area contributed by atoms with Crippen LogP contribution >= 0.6 is 11.8 Å². The van der Waals surface area contributed by atoms with Crippen molar-refractivity contribution in [1.29, 1.82) is 0 Å². The molecule has 0 rings (SSSR count). The molecule has 0 bridgehead atoms. The van der Waals surface area contributed by atoms with E-state index in [1.807, 2.05) is 13.8 Å². The normalized spacial score (nSPS) is 14.1. The lowest BCUT2D eigenvalue weighted by Crippen LogP contribution is -2.57. The van der Waals surface area contributed by atoms with Gasteiger partial charge in [0.1, 0.15) is 18.1 Å². The zero-order valence-electron chi connectivity index (χ0n) is 21.6. The number of carboxylic acids is 2. The number of rotatable bonds is 19. The van der Waals surface area contributed by atoms with Crippen LogP contribution in [0.2, 0.25) is 0 Å². The topological polar surface area (TPSA) is 252 Å². The van der Waals surface area contributed by atoms with Crippen molar-refractivity contribution in [2.24, 2.45) is 28.1 Å². The molecule has 0 aromatic rings. The third-order valence-corrected chi connectivity index (χ3v) is 5.79. The van der Waals surface area contributed by atoms with Gasteiger partial charge in [-0.15, -0.1) is 0 Å². The molecule has 0 aliphatic carbocycles. The fraction of sp³-hybridized carbons (Fsp3) is 0.727. The van der Waals surface area contributed by atoms with E-state index in [0.29, 0.717) is 12.2 Å². The number of nitrogens with two attached hydrogens (primary N) is 3. The van der Waals surface area contributed by atoms with Gasteiger partial charge in [0.15, 0.2) is 5.96 Å². The monoisotopic (exact) mass is 547 g/mol. The molecule has 0 aliphatic heterocycles. The third kappa shape index (κ3) is 15.6. The van der Waals surface area contributed by atoms with E-state index < -0.39 is 60.2 Å². The molecule has 14 nitrogen and oxygen atoms in total. The van der Waals surface area contributed by atoms with Crippen molar-refractivity contribution in [3.63, 3.8) is 0 Å². The molecule has 0 aliphatic rings. The Labute approximate surface area is 220 Å². The highest BCUT2D eigenvalue weighted by Gasteiger charge is 2.30. The second kappa shape index (κ2) is 18.2. The van der Waals surface area contributed by atoms with E-state index in [0.717, 1.165) is 0 Å². The number of aliphatic imine (C=N–C) groups is 1. The van der Waals surface area contributed by atoms with Crippen molar-refractivity contribution in [2.75, 3.05) is 18.6 Å². The minimum Gasteiger partial charge on any atom is -0.481 e. The molecule has 0 spiro atoms. The molecule has 0 aromatic heterocycles. The van der Waals surface area contributed by atoms with E-state index in [2.05, 4.69) is 20.9 Å². The minimum atomic E-state index is -1.28. The number of hydrogen-bond donors (Lipinski definition) is 8. The molecule has 0 fully saturated rings. The summed E-state index contributed by atoms with van der Waals surface area (Å²) in [5.74, 6) is -4.13. The quantitative estimate of drug-likeness (QED) is 0.0528. The highest BCUT2D eigenvalue weighted by molar-refractivity contribution is 7.98. The van der Waals surface area contributed by atoms with Crippen molar-refractivity contribution in [1.82, 2.24) is 16.0 Å². The number of carbonyl (C=O) groups is 5. The predicted molar refractivity (Wildman–Crippen MR) is 141 cm³/mol. The number of carbonyl (C=O) groups excluding carboxylic acids is 3. The second-order valence-electron chi connectivity index (χ2n) is 8.92. The first-order valence-electron chi connectivity index (χ1n) is 11.9. The van der Waals surface area contributed by atoms with Gasteiger partial charge in [-0.1, -0.05) is 13.8 Å². The molecule has 4 atom stereocenters. The number of aliphatic carboxylic acids is 2. The fourth-order valence-electron chi connectivity index (χ4n) is 3.21. The maximum Gasteiger partial charge on any atom is 0.326 e. The van der Waals surface area contributed by atoms with Crippen LogP contribution in [0.25, 0.3) is 0 Å². The fourth-order valence-corrected chi connectivity index (χ4v) is 3.68. The first-order valence-corrected chi connectivity index (χ1v) is 13.3. The van der Waals surface area contributed by atoms with Gasteiger partial charge < -0.3 is 43.4 Å². The van der Waals surface area contributed by atoms with Crippen LogP contribution in [0.5, 0.6) is 0 Å². The zero-order chi connectivity index (χ0) is 28.5. The number of amides is 3. The van der Waals surface area contributed by atoms with E-state index in [1.165, 1.54) is 11.8 Å². The van der Waals surface area contributed by atoms with Crippen LogP contribution in [-0.4, -0.2) is 88.6 Å². The number of guanidine groups is 1. The standard InChI is InChI=1S/C22H41N7O7S/c1-12(2)11-16(21(35)36)29-20(34)15(8-10-37-3)28-19(33)14(6-7-17(30)31)27-18(32)13(23)5-4-9-26-22(24)25/h12-16H,4-11,23H2,1-3H3,(H,27,32)(H,28,33)(H,29,34)(H,30,31)(H,35,36)(H4,24,25,26). The average Bonchev–Trinajstić information content (AvgIpc) is 2.80. The summed E-state index contributed by atoms with van der Waals surface area (Å²) >= 11 is 1.42. The Morgan fingerprint density at radius 1 is 0.865 bits per heavy atom. The molecular weight excluding hydrogens is 506 g/mol. The molecule has 212 valence electrons. The van der Waals surface area contributed by atoms with Crippen molar-refractivity contribution in [3.8, 4) is 0 Å². The van der Waals surface area contributed by atoms with Crippen molar-refractivity contribution >= 4 is 47.4 Å². The molecule has 3 amide bonds. The number of nitrogens with zero attached hydrogens (tertiary/aromatic N) is 1. The Morgan fingerprint density at radius 2 is 1.41 bits per heavy atom. The molecule has 0 heterocycles. The molecule has 0 aromatic carbocycles. The van der Waals surface area contributed by atoms with Crippen LogP contribution in [-0.2, 0) is 24.0 Å². The van der Waals surface area contributed by atoms with Crippen LogP contribution in [0.1, 0.15) is 52.4 Å². The summed E-state index contributed by atoms with van der Waals surface area (Å²) in [5.41, 5.74) is 16.4. The molecule has 0 radical (unpaired) electrons. The Morgan fingerprint density at radius 3 is 1.89 bits per heavy atom. The lowest BCUT2D eigenvalue weighted by molar-refractivity contribution is -0.142. The number of hydrogen-bond acceptors (Lipinski definition) is 8. The van der Waals surface area contributed by atoms with Gasteiger partial charge in [0.2, 0.25) is 17.7 Å². The second-order valence-corrected chi connectivity index (χ2v) is 9.91. The number of thioether (sulfide) groups is 1. The van der Waals surface area contributed by atoms with Crippen molar-refractivity contribution in [2.45, 2.75) is 76.5 Å². The number of carboxylic acid groups (broad SMARTS) is 2. The van der Waals surface area contributed by atoms with Gasteiger partial charge in [-0.05, 0) is 50.0 Å². The maximum absolute atomic E-state index is 13.0. The third-order valence-electron chi connectivity index (χ3n) is 5.15. The van der Waals surface area contributed by atoms with Gasteiger partial charge in [-0.25, -0.2) is 4.79 Å². The van der Waals surface area contributed by atoms with Gasteiger partial charge in [0, 0.05) is 13.0 Å². The Hall–Kier alpha value is -3.07. The summed E-state index contributed by atoms with van der Waals surface area (Å²) in [6, 6.07) is -4.51. The van der Waals surface area contributed by atoms with Crippen LogP contribution in [0.3, 0.4) is 0 Å².